The molecule has 0 aliphatic rings. The zero-order valence-corrected chi connectivity index (χ0v) is 12.6. The summed E-state index contributed by atoms with van der Waals surface area (Å²) in [6.07, 6.45) is 2.56. The number of ether oxygens (including phenoxy) is 1. The summed E-state index contributed by atoms with van der Waals surface area (Å²) < 4.78 is 5.47. The van der Waals surface area contributed by atoms with Crippen LogP contribution in [-0.4, -0.2) is 22.9 Å². The van der Waals surface area contributed by atoms with Crippen molar-refractivity contribution in [3.63, 3.8) is 0 Å². The molecule has 0 unspecified atom stereocenters. The molecule has 0 radical (unpaired) electrons. The highest BCUT2D eigenvalue weighted by Gasteiger charge is 2.08. The smallest absolute Gasteiger partial charge is 0.287 e. The predicted molar refractivity (Wildman–Crippen MR) is 85.1 cm³/mol. The number of aromatic nitrogens is 1. The maximum absolute atomic E-state index is 11.4. The van der Waals surface area contributed by atoms with Crippen LogP contribution in [0.4, 0.5) is 5.69 Å². The first kappa shape index (κ1) is 16.6. The third kappa shape index (κ3) is 4.14. The number of benzene rings is 1. The van der Waals surface area contributed by atoms with E-state index in [2.05, 4.69) is 10.3 Å². The van der Waals surface area contributed by atoms with Crippen LogP contribution < -0.4 is 10.1 Å². The summed E-state index contributed by atoms with van der Waals surface area (Å²) in [6.45, 7) is 0. The first-order valence-corrected chi connectivity index (χ1v) is 6.75. The Hall–Kier alpha value is -3.73. The zero-order valence-electron chi connectivity index (χ0n) is 12.6. The van der Waals surface area contributed by atoms with E-state index in [1.54, 1.807) is 24.3 Å². The number of likely N-dealkylation sites (N-methyl/N-ethyl adjacent to an activating group) is 1. The molecule has 2 aromatic rings. The van der Waals surface area contributed by atoms with E-state index >= 15 is 0 Å². The van der Waals surface area contributed by atoms with Crippen LogP contribution in [0.3, 0.4) is 0 Å². The molecular formula is C16H12N4O4. The highest BCUT2D eigenvalue weighted by molar-refractivity contribution is 6.01. The molecule has 0 saturated carbocycles. The molecule has 0 saturated heterocycles. The van der Waals surface area contributed by atoms with Gasteiger partial charge in [-0.2, -0.15) is 5.26 Å². The fourth-order valence-electron chi connectivity index (χ4n) is 1.74. The van der Waals surface area contributed by atoms with Gasteiger partial charge in [0.15, 0.2) is 0 Å². The number of pyridine rings is 1. The van der Waals surface area contributed by atoms with E-state index < -0.39 is 10.8 Å². The van der Waals surface area contributed by atoms with Crippen molar-refractivity contribution < 1.29 is 14.5 Å². The van der Waals surface area contributed by atoms with Crippen molar-refractivity contribution in [3.8, 4) is 17.7 Å². The summed E-state index contributed by atoms with van der Waals surface area (Å²) in [6, 6.07) is 11.1. The van der Waals surface area contributed by atoms with Gasteiger partial charge in [-0.3, -0.25) is 14.9 Å². The molecule has 2 rings (SSSR count). The van der Waals surface area contributed by atoms with Gasteiger partial charge in [-0.15, -0.1) is 0 Å². The second kappa shape index (κ2) is 7.51. The molecular weight excluding hydrogens is 312 g/mol. The Morgan fingerprint density at radius 3 is 2.54 bits per heavy atom. The minimum absolute atomic E-state index is 0.0109. The summed E-state index contributed by atoms with van der Waals surface area (Å²) in [7, 11) is 1.45. The molecule has 1 aromatic carbocycles. The second-order valence-electron chi connectivity index (χ2n) is 4.53. The van der Waals surface area contributed by atoms with E-state index in [9.17, 15) is 14.9 Å². The lowest BCUT2D eigenvalue weighted by Crippen LogP contribution is -2.19. The molecule has 1 heterocycles. The number of rotatable bonds is 5. The average Bonchev–Trinajstić information content (AvgIpc) is 2.61. The summed E-state index contributed by atoms with van der Waals surface area (Å²) in [5, 5.41) is 21.9. The third-order valence-corrected chi connectivity index (χ3v) is 2.94. The number of nitrogens with one attached hydrogen (secondary N) is 1. The number of nitriles is 1. The fraction of sp³-hybridized carbons (Fsp3) is 0.0625. The Kier molecular flexibility index (Phi) is 5.20. The second-order valence-corrected chi connectivity index (χ2v) is 4.53. The number of amides is 1. The highest BCUT2D eigenvalue weighted by Crippen LogP contribution is 2.22. The Balaban J connectivity index is 2.12. The molecule has 0 aliphatic heterocycles. The molecule has 1 amide bonds. The van der Waals surface area contributed by atoms with Crippen LogP contribution in [0.1, 0.15) is 5.56 Å². The minimum atomic E-state index is -0.545. The Labute approximate surface area is 137 Å². The summed E-state index contributed by atoms with van der Waals surface area (Å²) >= 11 is 0. The van der Waals surface area contributed by atoms with Crippen molar-refractivity contribution in [2.45, 2.75) is 0 Å². The third-order valence-electron chi connectivity index (χ3n) is 2.94. The summed E-state index contributed by atoms with van der Waals surface area (Å²) in [5.74, 6) is 0.215. The molecule has 120 valence electrons. The van der Waals surface area contributed by atoms with E-state index in [1.165, 1.54) is 25.3 Å². The van der Waals surface area contributed by atoms with Crippen LogP contribution in [0.25, 0.3) is 6.08 Å². The van der Waals surface area contributed by atoms with Crippen molar-refractivity contribution in [2.75, 3.05) is 7.05 Å². The van der Waals surface area contributed by atoms with Crippen LogP contribution in [0, 0.1) is 21.4 Å². The van der Waals surface area contributed by atoms with Gasteiger partial charge in [0.05, 0.1) is 4.92 Å². The number of hydrogen-bond acceptors (Lipinski definition) is 6. The van der Waals surface area contributed by atoms with E-state index in [4.69, 9.17) is 10.00 Å². The zero-order chi connectivity index (χ0) is 17.5. The highest BCUT2D eigenvalue weighted by atomic mass is 16.6. The van der Waals surface area contributed by atoms with Gasteiger partial charge in [0.2, 0.25) is 5.88 Å². The molecule has 8 heteroatoms. The van der Waals surface area contributed by atoms with Crippen molar-refractivity contribution in [1.82, 2.24) is 10.3 Å². The molecule has 0 aliphatic carbocycles. The lowest BCUT2D eigenvalue weighted by molar-refractivity contribution is -0.385. The SMILES string of the molecule is CNC(=O)/C(C#N)=C\c1ccc(Oc2ccc([N+](=O)[O-])cn2)cc1. The predicted octanol–water partition coefficient (Wildman–Crippen LogP) is 2.44. The Morgan fingerprint density at radius 2 is 2.04 bits per heavy atom. The molecule has 0 fully saturated rings. The van der Waals surface area contributed by atoms with Gasteiger partial charge in [-0.05, 0) is 23.8 Å². The standard InChI is InChI=1S/C16H12N4O4/c1-18-16(21)12(9-17)8-11-2-5-14(6-3-11)24-15-7-4-13(10-19-15)20(22)23/h2-8,10H,1H3,(H,18,21)/b12-8-. The van der Waals surface area contributed by atoms with Crippen LogP contribution >= 0.6 is 0 Å². The Bertz CT molecular complexity index is 821. The van der Waals surface area contributed by atoms with Crippen LogP contribution in [0.2, 0.25) is 0 Å². The van der Waals surface area contributed by atoms with E-state index in [1.807, 2.05) is 6.07 Å². The van der Waals surface area contributed by atoms with Crippen molar-refractivity contribution in [1.29, 1.82) is 5.26 Å². The molecule has 8 nitrogen and oxygen atoms in total. The average molecular weight is 324 g/mol. The number of hydrogen-bond donors (Lipinski definition) is 1. The largest absolute Gasteiger partial charge is 0.439 e. The quantitative estimate of drug-likeness (QED) is 0.390. The monoisotopic (exact) mass is 324 g/mol. The first-order valence-electron chi connectivity index (χ1n) is 6.75. The Morgan fingerprint density at radius 1 is 1.33 bits per heavy atom. The van der Waals surface area contributed by atoms with Crippen molar-refractivity contribution in [3.05, 3.63) is 63.8 Å². The van der Waals surface area contributed by atoms with Gasteiger partial charge in [-0.1, -0.05) is 12.1 Å². The van der Waals surface area contributed by atoms with Crippen LogP contribution in [0.5, 0.6) is 11.6 Å². The lowest BCUT2D eigenvalue weighted by Gasteiger charge is -2.04. The number of nitrogens with zero attached hydrogens (tertiary/aromatic N) is 3. The van der Waals surface area contributed by atoms with Gasteiger partial charge < -0.3 is 10.1 Å². The lowest BCUT2D eigenvalue weighted by atomic mass is 10.1. The van der Waals surface area contributed by atoms with Crippen molar-refractivity contribution in [2.24, 2.45) is 0 Å². The number of carbonyl (C=O) groups excluding carboxylic acids is 1. The van der Waals surface area contributed by atoms with E-state index in [0.717, 1.165) is 6.20 Å². The normalized spacial score (nSPS) is 10.6. The van der Waals surface area contributed by atoms with Crippen molar-refractivity contribution >= 4 is 17.7 Å². The first-order chi connectivity index (χ1) is 11.5. The maximum Gasteiger partial charge on any atom is 0.287 e. The molecule has 1 aromatic heterocycles. The molecule has 0 spiro atoms. The molecule has 1 N–H and O–H groups in total. The van der Waals surface area contributed by atoms with Crippen LogP contribution in [0.15, 0.2) is 48.2 Å². The van der Waals surface area contributed by atoms with Gasteiger partial charge in [-0.25, -0.2) is 4.98 Å². The van der Waals surface area contributed by atoms with Crippen LogP contribution in [-0.2, 0) is 4.79 Å². The maximum atomic E-state index is 11.4. The molecule has 24 heavy (non-hydrogen) atoms. The number of nitro groups is 1. The topological polar surface area (TPSA) is 118 Å². The molecule has 0 atom stereocenters. The minimum Gasteiger partial charge on any atom is -0.439 e. The van der Waals surface area contributed by atoms with E-state index in [-0.39, 0.29) is 17.1 Å². The fourth-order valence-corrected chi connectivity index (χ4v) is 1.74. The van der Waals surface area contributed by atoms with Gasteiger partial charge in [0, 0.05) is 19.2 Å². The van der Waals surface area contributed by atoms with Gasteiger partial charge >= 0.3 is 0 Å². The number of carbonyl (C=O) groups is 1. The molecule has 0 bridgehead atoms. The van der Waals surface area contributed by atoms with Gasteiger partial charge in [0.1, 0.15) is 23.6 Å². The summed E-state index contributed by atoms with van der Waals surface area (Å²) in [5.41, 5.74) is 0.517. The van der Waals surface area contributed by atoms with E-state index in [0.29, 0.717) is 11.3 Å². The van der Waals surface area contributed by atoms with Gasteiger partial charge in [0.25, 0.3) is 11.6 Å². The summed E-state index contributed by atoms with van der Waals surface area (Å²) in [4.78, 5) is 25.3.